The van der Waals surface area contributed by atoms with Gasteiger partial charge < -0.3 is 15.2 Å². The van der Waals surface area contributed by atoms with Crippen LogP contribution in [0.2, 0.25) is 0 Å². The lowest BCUT2D eigenvalue weighted by Gasteiger charge is -2.16. The second-order valence-electron chi connectivity index (χ2n) is 5.76. The van der Waals surface area contributed by atoms with Crippen LogP contribution in [-0.4, -0.2) is 24.7 Å². The maximum atomic E-state index is 5.26. The molecule has 1 heterocycles. The summed E-state index contributed by atoms with van der Waals surface area (Å²) in [5.41, 5.74) is 3.59. The van der Waals surface area contributed by atoms with E-state index < -0.39 is 0 Å². The summed E-state index contributed by atoms with van der Waals surface area (Å²) in [6.45, 7) is 7.78. The molecule has 0 saturated heterocycles. The molecule has 0 saturated carbocycles. The average Bonchev–Trinajstić information content (AvgIpc) is 3.03. The summed E-state index contributed by atoms with van der Waals surface area (Å²) < 4.78 is 5.26. The number of aliphatic imine (C=N–C) groups is 1. The fourth-order valence-corrected chi connectivity index (χ4v) is 2.34. The van der Waals surface area contributed by atoms with Crippen molar-refractivity contribution < 1.29 is 4.52 Å². The van der Waals surface area contributed by atoms with Gasteiger partial charge in [-0.3, -0.25) is 4.99 Å². The monoisotopic (exact) mass is 314 g/mol. The first-order valence-electron chi connectivity index (χ1n) is 8.08. The molecule has 0 radical (unpaired) electrons. The van der Waals surface area contributed by atoms with E-state index in [1.807, 2.05) is 6.07 Å². The highest BCUT2D eigenvalue weighted by molar-refractivity contribution is 5.79. The number of hydrogen-bond donors (Lipinski definition) is 2. The van der Waals surface area contributed by atoms with Gasteiger partial charge in [-0.15, -0.1) is 0 Å². The van der Waals surface area contributed by atoms with E-state index >= 15 is 0 Å². The van der Waals surface area contributed by atoms with E-state index in [1.165, 1.54) is 11.1 Å². The number of hydrogen-bond acceptors (Lipinski definition) is 3. The van der Waals surface area contributed by atoms with Gasteiger partial charge in [0, 0.05) is 19.7 Å². The Morgan fingerprint density at radius 2 is 2.13 bits per heavy atom. The van der Waals surface area contributed by atoms with Crippen molar-refractivity contribution in [1.29, 1.82) is 0 Å². The van der Waals surface area contributed by atoms with Crippen LogP contribution >= 0.6 is 0 Å². The average molecular weight is 314 g/mol. The van der Waals surface area contributed by atoms with E-state index in [4.69, 9.17) is 4.52 Å². The Morgan fingerprint density at radius 1 is 1.30 bits per heavy atom. The second kappa shape index (κ2) is 8.36. The van der Waals surface area contributed by atoms with E-state index in [2.05, 4.69) is 65.8 Å². The summed E-state index contributed by atoms with van der Waals surface area (Å²) in [5.74, 6) is 1.99. The van der Waals surface area contributed by atoms with Crippen LogP contribution < -0.4 is 10.6 Å². The van der Waals surface area contributed by atoms with Crippen molar-refractivity contribution in [3.8, 4) is 0 Å². The van der Waals surface area contributed by atoms with Crippen LogP contribution in [0.25, 0.3) is 0 Å². The SMILES string of the molecule is CCc1cc(CNC(=NC)NCC(C)c2cccc(C)c2)on1. The summed E-state index contributed by atoms with van der Waals surface area (Å²) in [4.78, 5) is 4.25. The van der Waals surface area contributed by atoms with Gasteiger partial charge in [0.15, 0.2) is 11.7 Å². The molecule has 0 aliphatic rings. The maximum absolute atomic E-state index is 5.26. The Morgan fingerprint density at radius 3 is 2.78 bits per heavy atom. The molecule has 1 aromatic carbocycles. The van der Waals surface area contributed by atoms with Gasteiger partial charge in [0.05, 0.1) is 12.2 Å². The van der Waals surface area contributed by atoms with Gasteiger partial charge in [0.1, 0.15) is 0 Å². The lowest BCUT2D eigenvalue weighted by Crippen LogP contribution is -2.38. The molecule has 5 heteroatoms. The topological polar surface area (TPSA) is 62.5 Å². The van der Waals surface area contributed by atoms with Crippen molar-refractivity contribution in [3.63, 3.8) is 0 Å². The van der Waals surface area contributed by atoms with Crippen molar-refractivity contribution in [1.82, 2.24) is 15.8 Å². The fraction of sp³-hybridized carbons (Fsp3) is 0.444. The zero-order valence-electron chi connectivity index (χ0n) is 14.4. The van der Waals surface area contributed by atoms with Crippen molar-refractivity contribution in [2.45, 2.75) is 39.7 Å². The molecule has 0 amide bonds. The highest BCUT2D eigenvalue weighted by atomic mass is 16.5. The number of benzene rings is 1. The van der Waals surface area contributed by atoms with Crippen molar-refractivity contribution in [3.05, 3.63) is 52.9 Å². The van der Waals surface area contributed by atoms with Gasteiger partial charge in [0.2, 0.25) is 0 Å². The quantitative estimate of drug-likeness (QED) is 0.635. The number of aryl methyl sites for hydroxylation is 2. The van der Waals surface area contributed by atoms with E-state index in [1.54, 1.807) is 7.05 Å². The Kier molecular flexibility index (Phi) is 6.20. The molecule has 2 N–H and O–H groups in total. The third kappa shape index (κ3) is 5.13. The van der Waals surface area contributed by atoms with E-state index in [0.717, 1.165) is 30.4 Å². The highest BCUT2D eigenvalue weighted by Gasteiger charge is 2.08. The molecule has 1 atom stereocenters. The van der Waals surface area contributed by atoms with Crippen LogP contribution in [0.4, 0.5) is 0 Å². The van der Waals surface area contributed by atoms with Crippen LogP contribution in [0.3, 0.4) is 0 Å². The summed E-state index contributed by atoms with van der Waals surface area (Å²) >= 11 is 0. The lowest BCUT2D eigenvalue weighted by molar-refractivity contribution is 0.374. The number of nitrogens with zero attached hydrogens (tertiary/aromatic N) is 2. The molecule has 5 nitrogen and oxygen atoms in total. The Bertz CT molecular complexity index is 648. The van der Waals surface area contributed by atoms with Gasteiger partial charge in [0.25, 0.3) is 0 Å². The number of nitrogens with one attached hydrogen (secondary N) is 2. The standard InChI is InChI=1S/C18H26N4O/c1-5-16-10-17(23-22-16)12-21-18(19-4)20-11-14(3)15-8-6-7-13(2)9-15/h6-10,14H,5,11-12H2,1-4H3,(H2,19,20,21). The number of aromatic nitrogens is 1. The second-order valence-corrected chi connectivity index (χ2v) is 5.76. The first-order chi connectivity index (χ1) is 11.1. The molecule has 124 valence electrons. The minimum atomic E-state index is 0.408. The first-order valence-corrected chi connectivity index (χ1v) is 8.08. The number of rotatable bonds is 6. The van der Waals surface area contributed by atoms with Crippen LogP contribution in [-0.2, 0) is 13.0 Å². The van der Waals surface area contributed by atoms with Crippen LogP contribution in [0.15, 0.2) is 39.8 Å². The van der Waals surface area contributed by atoms with Crippen LogP contribution in [0, 0.1) is 6.92 Å². The van der Waals surface area contributed by atoms with E-state index in [-0.39, 0.29) is 0 Å². The molecule has 0 aliphatic heterocycles. The third-order valence-corrected chi connectivity index (χ3v) is 3.81. The summed E-state index contributed by atoms with van der Waals surface area (Å²) in [6.07, 6.45) is 0.879. The molecule has 0 bridgehead atoms. The normalized spacial score (nSPS) is 13.0. The zero-order chi connectivity index (χ0) is 16.7. The Hall–Kier alpha value is -2.30. The molecular weight excluding hydrogens is 288 g/mol. The van der Waals surface area contributed by atoms with Crippen molar-refractivity contribution >= 4 is 5.96 Å². The number of guanidine groups is 1. The molecule has 2 rings (SSSR count). The minimum absolute atomic E-state index is 0.408. The van der Waals surface area contributed by atoms with E-state index in [9.17, 15) is 0 Å². The molecular formula is C18H26N4O. The largest absolute Gasteiger partial charge is 0.359 e. The Labute approximate surface area is 138 Å². The molecule has 1 aromatic heterocycles. The van der Waals surface area contributed by atoms with Gasteiger partial charge in [-0.2, -0.15) is 0 Å². The molecule has 0 aliphatic carbocycles. The molecule has 2 aromatic rings. The fourth-order valence-electron chi connectivity index (χ4n) is 2.34. The van der Waals surface area contributed by atoms with Crippen LogP contribution in [0.1, 0.15) is 42.3 Å². The van der Waals surface area contributed by atoms with Gasteiger partial charge >= 0.3 is 0 Å². The molecule has 23 heavy (non-hydrogen) atoms. The van der Waals surface area contributed by atoms with Crippen molar-refractivity contribution in [2.24, 2.45) is 4.99 Å². The maximum Gasteiger partial charge on any atom is 0.191 e. The molecule has 1 unspecified atom stereocenters. The zero-order valence-corrected chi connectivity index (χ0v) is 14.4. The lowest BCUT2D eigenvalue weighted by atomic mass is 9.99. The van der Waals surface area contributed by atoms with Crippen LogP contribution in [0.5, 0.6) is 0 Å². The molecule has 0 fully saturated rings. The van der Waals surface area contributed by atoms with Crippen molar-refractivity contribution in [2.75, 3.05) is 13.6 Å². The smallest absolute Gasteiger partial charge is 0.191 e. The predicted molar refractivity (Wildman–Crippen MR) is 93.7 cm³/mol. The summed E-state index contributed by atoms with van der Waals surface area (Å²) in [5, 5.41) is 10.6. The van der Waals surface area contributed by atoms with Gasteiger partial charge in [-0.25, -0.2) is 0 Å². The summed E-state index contributed by atoms with van der Waals surface area (Å²) in [6, 6.07) is 10.6. The van der Waals surface area contributed by atoms with E-state index in [0.29, 0.717) is 12.5 Å². The molecule has 0 spiro atoms. The first kappa shape index (κ1) is 17.1. The minimum Gasteiger partial charge on any atom is -0.359 e. The third-order valence-electron chi connectivity index (χ3n) is 3.81. The predicted octanol–water partition coefficient (Wildman–Crippen LogP) is 3.01. The summed E-state index contributed by atoms with van der Waals surface area (Å²) in [7, 11) is 1.77. The van der Waals surface area contributed by atoms with Gasteiger partial charge in [-0.05, 0) is 24.8 Å². The van der Waals surface area contributed by atoms with Gasteiger partial charge in [-0.1, -0.05) is 48.8 Å². The Balaban J connectivity index is 1.82. The highest BCUT2D eigenvalue weighted by Crippen LogP contribution is 2.15.